The smallest absolute Gasteiger partial charge is 0.337 e. The van der Waals surface area contributed by atoms with Crippen LogP contribution in [0.2, 0.25) is 0 Å². The number of carbonyl (C=O) groups is 4. The lowest BCUT2D eigenvalue weighted by Crippen LogP contribution is -2.54. The number of amides is 3. The summed E-state index contributed by atoms with van der Waals surface area (Å²) in [5.74, 6) is -3.00. The third-order valence-electron chi connectivity index (χ3n) is 5.36. The fourth-order valence-corrected chi connectivity index (χ4v) is 3.74. The van der Waals surface area contributed by atoms with Gasteiger partial charge in [-0.1, -0.05) is 51.1 Å². The second kappa shape index (κ2) is 12.2. The van der Waals surface area contributed by atoms with E-state index < -0.39 is 35.2 Å². The number of methoxy groups -OCH3 is 1. The number of carbonyl (C=O) groups excluding carboxylic acids is 3. The van der Waals surface area contributed by atoms with E-state index in [-0.39, 0.29) is 29.5 Å². The van der Waals surface area contributed by atoms with Crippen molar-refractivity contribution in [1.29, 1.82) is 0 Å². The SMILES string of the molecule is COC(=O)c1ccc(NC(=O)N(C(=O)C(S)C(C)c2ccccc2)[C@@H](CC(C)C)C(=O)O)cc1. The van der Waals surface area contributed by atoms with E-state index in [1.165, 1.54) is 31.4 Å². The first-order chi connectivity index (χ1) is 16.1. The average molecular weight is 487 g/mol. The van der Waals surface area contributed by atoms with Gasteiger partial charge in [-0.2, -0.15) is 12.6 Å². The van der Waals surface area contributed by atoms with Gasteiger partial charge in [-0.25, -0.2) is 19.3 Å². The summed E-state index contributed by atoms with van der Waals surface area (Å²) in [5.41, 5.74) is 1.41. The van der Waals surface area contributed by atoms with Gasteiger partial charge in [-0.15, -0.1) is 0 Å². The summed E-state index contributed by atoms with van der Waals surface area (Å²) in [7, 11) is 1.26. The molecule has 3 atom stereocenters. The van der Waals surface area contributed by atoms with Gasteiger partial charge in [0.25, 0.3) is 0 Å². The third kappa shape index (κ3) is 6.84. The zero-order valence-corrected chi connectivity index (χ0v) is 20.5. The number of esters is 1. The maximum absolute atomic E-state index is 13.5. The number of aliphatic carboxylic acids is 1. The fourth-order valence-electron chi connectivity index (χ4n) is 3.44. The number of thiol groups is 1. The molecule has 2 rings (SSSR count). The Balaban J connectivity index is 2.36. The maximum atomic E-state index is 13.5. The van der Waals surface area contributed by atoms with Crippen molar-refractivity contribution in [3.63, 3.8) is 0 Å². The highest BCUT2D eigenvalue weighted by Crippen LogP contribution is 2.27. The molecule has 0 saturated carbocycles. The molecule has 2 unspecified atom stereocenters. The van der Waals surface area contributed by atoms with Gasteiger partial charge in [0, 0.05) is 11.6 Å². The molecular formula is C25H30N2O6S. The van der Waals surface area contributed by atoms with E-state index in [1.54, 1.807) is 6.92 Å². The van der Waals surface area contributed by atoms with Crippen LogP contribution >= 0.6 is 12.6 Å². The Bertz CT molecular complexity index is 1010. The molecule has 9 heteroatoms. The third-order valence-corrected chi connectivity index (χ3v) is 6.02. The number of hydrogen-bond acceptors (Lipinski definition) is 6. The van der Waals surface area contributed by atoms with Gasteiger partial charge in [0.05, 0.1) is 17.9 Å². The molecule has 8 nitrogen and oxygen atoms in total. The van der Waals surface area contributed by atoms with Crippen molar-refractivity contribution in [3.8, 4) is 0 Å². The number of imide groups is 1. The largest absolute Gasteiger partial charge is 0.480 e. The monoisotopic (exact) mass is 486 g/mol. The molecule has 34 heavy (non-hydrogen) atoms. The minimum atomic E-state index is -1.38. The Morgan fingerprint density at radius 2 is 1.59 bits per heavy atom. The lowest BCUT2D eigenvalue weighted by atomic mass is 9.95. The first-order valence-corrected chi connectivity index (χ1v) is 11.4. The zero-order valence-electron chi connectivity index (χ0n) is 19.6. The van der Waals surface area contributed by atoms with Crippen molar-refractivity contribution in [3.05, 3.63) is 65.7 Å². The predicted molar refractivity (Wildman–Crippen MR) is 132 cm³/mol. The van der Waals surface area contributed by atoms with Gasteiger partial charge in [0.2, 0.25) is 5.91 Å². The molecule has 3 amide bonds. The van der Waals surface area contributed by atoms with Gasteiger partial charge < -0.3 is 15.2 Å². The summed E-state index contributed by atoms with van der Waals surface area (Å²) in [6, 6.07) is 12.8. The van der Waals surface area contributed by atoms with Crippen molar-refractivity contribution in [2.45, 2.75) is 44.4 Å². The van der Waals surface area contributed by atoms with Crippen LogP contribution in [0.1, 0.15) is 49.0 Å². The molecule has 0 bridgehead atoms. The highest BCUT2D eigenvalue weighted by Gasteiger charge is 2.39. The lowest BCUT2D eigenvalue weighted by molar-refractivity contribution is -0.148. The number of carboxylic acid groups (broad SMARTS) is 1. The molecule has 0 aromatic heterocycles. The van der Waals surface area contributed by atoms with Crippen LogP contribution in [0.4, 0.5) is 10.5 Å². The van der Waals surface area contributed by atoms with Crippen LogP contribution in [0.3, 0.4) is 0 Å². The van der Waals surface area contributed by atoms with E-state index in [0.717, 1.165) is 10.5 Å². The van der Waals surface area contributed by atoms with Crippen LogP contribution in [0, 0.1) is 5.92 Å². The number of nitrogens with zero attached hydrogens (tertiary/aromatic N) is 1. The van der Waals surface area contributed by atoms with Crippen LogP contribution in [-0.2, 0) is 14.3 Å². The minimum absolute atomic E-state index is 0.0794. The number of urea groups is 1. The first kappa shape index (κ1) is 26.9. The predicted octanol–water partition coefficient (Wildman–Crippen LogP) is 4.44. The number of ether oxygens (including phenoxy) is 1. The summed E-state index contributed by atoms with van der Waals surface area (Å²) in [4.78, 5) is 51.2. The van der Waals surface area contributed by atoms with Gasteiger partial charge in [0.15, 0.2) is 0 Å². The molecule has 0 aliphatic rings. The number of hydrogen-bond donors (Lipinski definition) is 3. The van der Waals surface area contributed by atoms with Crippen LogP contribution in [-0.4, -0.2) is 52.3 Å². The molecule has 2 N–H and O–H groups in total. The molecule has 182 valence electrons. The molecule has 0 fully saturated rings. The average Bonchev–Trinajstić information content (AvgIpc) is 2.82. The number of nitrogens with one attached hydrogen (secondary N) is 1. The lowest BCUT2D eigenvalue weighted by Gasteiger charge is -2.32. The minimum Gasteiger partial charge on any atom is -0.480 e. The molecule has 0 spiro atoms. The van der Waals surface area contributed by atoms with Gasteiger partial charge in [0.1, 0.15) is 6.04 Å². The quantitative estimate of drug-likeness (QED) is 0.357. The topological polar surface area (TPSA) is 113 Å². The molecule has 0 heterocycles. The number of benzene rings is 2. The Morgan fingerprint density at radius 1 is 1.00 bits per heavy atom. The van der Waals surface area contributed by atoms with E-state index in [1.807, 2.05) is 44.2 Å². The van der Waals surface area contributed by atoms with Gasteiger partial charge in [-0.3, -0.25) is 4.79 Å². The van der Waals surface area contributed by atoms with Gasteiger partial charge >= 0.3 is 18.0 Å². The van der Waals surface area contributed by atoms with Crippen LogP contribution < -0.4 is 5.32 Å². The molecule has 0 aliphatic carbocycles. The standard InChI is InChI=1S/C25H30N2O6S/c1-15(2)14-20(23(29)30)27(22(28)21(34)16(3)17-8-6-5-7-9-17)25(32)26-19-12-10-18(11-13-19)24(31)33-4/h5-13,15-16,20-21,34H,14H2,1-4H3,(H,26,32)(H,29,30)/t16?,20-,21?/m0/s1. The van der Waals surface area contributed by atoms with Crippen molar-refractivity contribution >= 4 is 42.2 Å². The summed E-state index contributed by atoms with van der Waals surface area (Å²) in [6.45, 7) is 5.42. The van der Waals surface area contributed by atoms with Crippen molar-refractivity contribution in [2.75, 3.05) is 12.4 Å². The van der Waals surface area contributed by atoms with Crippen molar-refractivity contribution < 1.29 is 29.0 Å². The van der Waals surface area contributed by atoms with E-state index >= 15 is 0 Å². The molecule has 0 aliphatic heterocycles. The molecule has 0 saturated heterocycles. The first-order valence-electron chi connectivity index (χ1n) is 10.8. The Kier molecular flexibility index (Phi) is 9.68. The number of anilines is 1. The van der Waals surface area contributed by atoms with Crippen LogP contribution in [0.5, 0.6) is 0 Å². The Morgan fingerprint density at radius 3 is 2.09 bits per heavy atom. The van der Waals surface area contributed by atoms with E-state index in [0.29, 0.717) is 0 Å². The maximum Gasteiger partial charge on any atom is 0.337 e. The van der Waals surface area contributed by atoms with Crippen LogP contribution in [0.15, 0.2) is 54.6 Å². The Hall–Kier alpha value is -3.33. The summed E-state index contributed by atoms with van der Waals surface area (Å²) >= 11 is 4.48. The number of rotatable bonds is 9. The highest BCUT2D eigenvalue weighted by atomic mass is 32.1. The summed E-state index contributed by atoms with van der Waals surface area (Å²) in [6.07, 6.45) is 0.0794. The van der Waals surface area contributed by atoms with Crippen molar-refractivity contribution in [2.24, 2.45) is 5.92 Å². The molecule has 2 aromatic rings. The van der Waals surface area contributed by atoms with Crippen LogP contribution in [0.25, 0.3) is 0 Å². The van der Waals surface area contributed by atoms with E-state index in [4.69, 9.17) is 0 Å². The summed E-state index contributed by atoms with van der Waals surface area (Å²) in [5, 5.41) is 11.5. The Labute approximate surface area is 204 Å². The van der Waals surface area contributed by atoms with E-state index in [9.17, 15) is 24.3 Å². The van der Waals surface area contributed by atoms with Gasteiger partial charge in [-0.05, 0) is 42.2 Å². The number of carboxylic acids is 1. The molecule has 2 aromatic carbocycles. The zero-order chi connectivity index (χ0) is 25.4. The highest BCUT2D eigenvalue weighted by molar-refractivity contribution is 7.81. The fraction of sp³-hybridized carbons (Fsp3) is 0.360. The normalized spacial score (nSPS) is 13.5. The van der Waals surface area contributed by atoms with Crippen molar-refractivity contribution in [1.82, 2.24) is 4.90 Å². The second-order valence-corrected chi connectivity index (χ2v) is 8.89. The molecular weight excluding hydrogens is 456 g/mol. The molecule has 0 radical (unpaired) electrons. The second-order valence-electron chi connectivity index (χ2n) is 8.34. The van der Waals surface area contributed by atoms with E-state index in [2.05, 4.69) is 22.7 Å². The summed E-state index contributed by atoms with van der Waals surface area (Å²) < 4.78 is 4.65.